The minimum atomic E-state index is -0.562. The molecule has 1 rings (SSSR count). The van der Waals surface area contributed by atoms with E-state index in [0.29, 0.717) is 13.0 Å². The van der Waals surface area contributed by atoms with Crippen molar-refractivity contribution in [2.75, 3.05) is 6.61 Å². The molecule has 0 amide bonds. The average Bonchev–Trinajstić information content (AvgIpc) is 2.46. The van der Waals surface area contributed by atoms with E-state index in [2.05, 4.69) is 6.58 Å². The number of hydrogen-bond acceptors (Lipinski definition) is 3. The highest BCUT2D eigenvalue weighted by Gasteiger charge is 2.36. The van der Waals surface area contributed by atoms with Crippen LogP contribution in [0.1, 0.15) is 20.3 Å². The van der Waals surface area contributed by atoms with Crippen molar-refractivity contribution in [3.8, 4) is 0 Å². The molecule has 0 aliphatic carbocycles. The monoisotopic (exact) mass is 198 g/mol. The van der Waals surface area contributed by atoms with E-state index in [0.717, 1.165) is 0 Å². The summed E-state index contributed by atoms with van der Waals surface area (Å²) in [5, 5.41) is 9.72. The predicted octanol–water partition coefficient (Wildman–Crippen LogP) is 1.63. The number of hydrogen-bond donors (Lipinski definition) is 1. The Kier molecular flexibility index (Phi) is 3.86. The first-order chi connectivity index (χ1) is 6.55. The van der Waals surface area contributed by atoms with E-state index >= 15 is 0 Å². The van der Waals surface area contributed by atoms with Crippen molar-refractivity contribution in [2.45, 2.75) is 38.3 Å². The molecular weight excluding hydrogens is 180 g/mol. The third kappa shape index (κ3) is 3.25. The Labute approximate surface area is 85.0 Å². The molecule has 1 saturated heterocycles. The van der Waals surface area contributed by atoms with Crippen molar-refractivity contribution in [1.29, 1.82) is 0 Å². The van der Waals surface area contributed by atoms with Crippen LogP contribution in [0, 0.1) is 0 Å². The van der Waals surface area contributed by atoms with Gasteiger partial charge < -0.3 is 14.6 Å². The molecule has 0 saturated carbocycles. The van der Waals surface area contributed by atoms with Crippen LogP contribution in [0.2, 0.25) is 0 Å². The highest BCUT2D eigenvalue weighted by atomic mass is 16.7. The van der Waals surface area contributed by atoms with Gasteiger partial charge in [-0.05, 0) is 20.3 Å². The van der Waals surface area contributed by atoms with E-state index < -0.39 is 11.9 Å². The fourth-order valence-corrected chi connectivity index (χ4v) is 1.37. The maximum Gasteiger partial charge on any atom is 0.163 e. The molecule has 0 aromatic carbocycles. The summed E-state index contributed by atoms with van der Waals surface area (Å²) in [4.78, 5) is 0. The normalized spacial score (nSPS) is 28.1. The molecule has 1 aliphatic heterocycles. The van der Waals surface area contributed by atoms with Gasteiger partial charge in [-0.1, -0.05) is 24.8 Å². The third-order valence-electron chi connectivity index (χ3n) is 2.11. The zero-order valence-corrected chi connectivity index (χ0v) is 8.77. The minimum absolute atomic E-state index is 0.223. The lowest BCUT2D eigenvalue weighted by atomic mass is 10.1. The Bertz CT molecular complexity index is 221. The van der Waals surface area contributed by atoms with Gasteiger partial charge in [-0.3, -0.25) is 0 Å². The molecule has 14 heavy (non-hydrogen) atoms. The van der Waals surface area contributed by atoms with Gasteiger partial charge in [-0.25, -0.2) is 0 Å². The lowest BCUT2D eigenvalue weighted by Gasteiger charge is -2.19. The molecule has 3 nitrogen and oxygen atoms in total. The molecule has 1 fully saturated rings. The van der Waals surface area contributed by atoms with Crippen LogP contribution >= 0.6 is 0 Å². The van der Waals surface area contributed by atoms with Gasteiger partial charge in [-0.2, -0.15) is 0 Å². The number of aliphatic hydroxyl groups is 1. The summed E-state index contributed by atoms with van der Waals surface area (Å²) in [7, 11) is 0. The van der Waals surface area contributed by atoms with Crippen LogP contribution in [0.25, 0.3) is 0 Å². The first-order valence-corrected chi connectivity index (χ1v) is 4.82. The molecule has 0 bridgehead atoms. The molecule has 1 heterocycles. The number of rotatable bonds is 4. The number of aliphatic hydroxyl groups excluding tert-OH is 1. The smallest absolute Gasteiger partial charge is 0.163 e. The maximum absolute atomic E-state index is 9.72. The van der Waals surface area contributed by atoms with Crippen LogP contribution in [0.4, 0.5) is 0 Å². The molecule has 3 heteroatoms. The van der Waals surface area contributed by atoms with Crippen LogP contribution in [-0.4, -0.2) is 29.7 Å². The topological polar surface area (TPSA) is 38.7 Å². The van der Waals surface area contributed by atoms with E-state index in [4.69, 9.17) is 9.47 Å². The molecule has 80 valence electrons. The van der Waals surface area contributed by atoms with Crippen molar-refractivity contribution in [3.05, 3.63) is 24.8 Å². The quantitative estimate of drug-likeness (QED) is 0.698. The predicted molar refractivity (Wildman–Crippen MR) is 54.9 cm³/mol. The van der Waals surface area contributed by atoms with Gasteiger partial charge in [0.25, 0.3) is 0 Å². The Morgan fingerprint density at radius 2 is 2.36 bits per heavy atom. The highest BCUT2D eigenvalue weighted by Crippen LogP contribution is 2.25. The summed E-state index contributed by atoms with van der Waals surface area (Å²) in [5.74, 6) is -0.562. The second-order valence-corrected chi connectivity index (χ2v) is 3.83. The van der Waals surface area contributed by atoms with Gasteiger partial charge in [-0.15, -0.1) is 0 Å². The van der Waals surface area contributed by atoms with Crippen molar-refractivity contribution >= 4 is 0 Å². The first-order valence-electron chi connectivity index (χ1n) is 4.82. The summed E-state index contributed by atoms with van der Waals surface area (Å²) in [6.07, 6.45) is 5.20. The Morgan fingerprint density at radius 1 is 1.64 bits per heavy atom. The highest BCUT2D eigenvalue weighted by molar-refractivity contribution is 4.98. The number of ether oxygens (including phenoxy) is 2. The van der Waals surface area contributed by atoms with Crippen molar-refractivity contribution in [1.82, 2.24) is 0 Å². The van der Waals surface area contributed by atoms with Crippen molar-refractivity contribution < 1.29 is 14.6 Å². The Morgan fingerprint density at radius 3 is 2.86 bits per heavy atom. The second kappa shape index (κ2) is 4.73. The summed E-state index contributed by atoms with van der Waals surface area (Å²) < 4.78 is 10.9. The molecule has 2 atom stereocenters. The molecule has 1 aliphatic rings. The van der Waals surface area contributed by atoms with E-state index in [1.54, 1.807) is 6.08 Å². The van der Waals surface area contributed by atoms with E-state index in [1.165, 1.54) is 0 Å². The largest absolute Gasteiger partial charge is 0.390 e. The summed E-state index contributed by atoms with van der Waals surface area (Å²) >= 11 is 0. The molecule has 2 unspecified atom stereocenters. The summed E-state index contributed by atoms with van der Waals surface area (Å²) in [6.45, 7) is 7.70. The number of allylic oxidation sites excluding steroid dienone is 2. The lowest BCUT2D eigenvalue weighted by molar-refractivity contribution is -0.150. The van der Waals surface area contributed by atoms with Crippen molar-refractivity contribution in [3.63, 3.8) is 0 Å². The zero-order chi connectivity index (χ0) is 10.6. The Hall–Kier alpha value is -0.640. The molecule has 0 aromatic rings. The standard InChI is InChI=1S/C11H18O3/c1-4-5-6-7-9(12)10-8-13-11(2,3)14-10/h4-6,9-10,12H,1,7-8H2,2-3H3/b6-5+. The van der Waals surface area contributed by atoms with Gasteiger partial charge in [0.05, 0.1) is 12.7 Å². The fourth-order valence-electron chi connectivity index (χ4n) is 1.37. The van der Waals surface area contributed by atoms with Crippen LogP contribution in [0.3, 0.4) is 0 Å². The molecular formula is C11H18O3. The van der Waals surface area contributed by atoms with Crippen LogP contribution in [0.5, 0.6) is 0 Å². The summed E-state index contributed by atoms with van der Waals surface area (Å²) in [6, 6.07) is 0. The van der Waals surface area contributed by atoms with Crippen LogP contribution in [0.15, 0.2) is 24.8 Å². The first kappa shape index (κ1) is 11.4. The van der Waals surface area contributed by atoms with Crippen LogP contribution < -0.4 is 0 Å². The Balaban J connectivity index is 2.35. The van der Waals surface area contributed by atoms with E-state index in [-0.39, 0.29) is 6.10 Å². The van der Waals surface area contributed by atoms with E-state index in [9.17, 15) is 5.11 Å². The van der Waals surface area contributed by atoms with Gasteiger partial charge in [0, 0.05) is 0 Å². The van der Waals surface area contributed by atoms with Gasteiger partial charge in [0.1, 0.15) is 6.10 Å². The molecule has 0 radical (unpaired) electrons. The van der Waals surface area contributed by atoms with Crippen LogP contribution in [-0.2, 0) is 9.47 Å². The van der Waals surface area contributed by atoms with Crippen molar-refractivity contribution in [2.24, 2.45) is 0 Å². The van der Waals surface area contributed by atoms with Gasteiger partial charge >= 0.3 is 0 Å². The maximum atomic E-state index is 9.72. The minimum Gasteiger partial charge on any atom is -0.390 e. The zero-order valence-electron chi connectivity index (χ0n) is 8.77. The molecule has 0 aromatic heterocycles. The second-order valence-electron chi connectivity index (χ2n) is 3.83. The lowest BCUT2D eigenvalue weighted by Crippen LogP contribution is -2.30. The molecule has 0 spiro atoms. The SMILES string of the molecule is C=C/C=C/CC(O)C1COC(C)(C)O1. The van der Waals surface area contributed by atoms with Gasteiger partial charge in [0.15, 0.2) is 5.79 Å². The fraction of sp³-hybridized carbons (Fsp3) is 0.636. The molecule has 1 N–H and O–H groups in total. The van der Waals surface area contributed by atoms with Gasteiger partial charge in [0.2, 0.25) is 0 Å². The third-order valence-corrected chi connectivity index (χ3v) is 2.11. The van der Waals surface area contributed by atoms with E-state index in [1.807, 2.05) is 26.0 Å². The average molecular weight is 198 g/mol. The summed E-state index contributed by atoms with van der Waals surface area (Å²) in [5.41, 5.74) is 0.